The summed E-state index contributed by atoms with van der Waals surface area (Å²) < 4.78 is 25.4. The zero-order chi connectivity index (χ0) is 20.1. The Labute approximate surface area is 166 Å². The summed E-state index contributed by atoms with van der Waals surface area (Å²) in [5.74, 6) is -0.337. The van der Waals surface area contributed by atoms with Crippen molar-refractivity contribution in [2.24, 2.45) is 0 Å². The van der Waals surface area contributed by atoms with Crippen molar-refractivity contribution < 1.29 is 13.2 Å². The van der Waals surface area contributed by atoms with Crippen molar-refractivity contribution in [3.63, 3.8) is 0 Å². The quantitative estimate of drug-likeness (QED) is 0.653. The largest absolute Gasteiger partial charge is 0.353 e. The average molecular weight is 403 g/mol. The van der Waals surface area contributed by atoms with Gasteiger partial charge in [-0.15, -0.1) is 0 Å². The summed E-state index contributed by atoms with van der Waals surface area (Å²) in [5.41, 5.74) is 9.11. The first-order chi connectivity index (χ1) is 13.3. The lowest BCUT2D eigenvalue weighted by Crippen LogP contribution is -2.45. The highest BCUT2D eigenvalue weighted by Gasteiger charge is 2.26. The number of aryl methyl sites for hydroxylation is 1. The normalized spacial score (nSPS) is 19.4. The Morgan fingerprint density at radius 3 is 2.43 bits per heavy atom. The number of anilines is 1. The molecule has 1 heterocycles. The molecular weight excluding hydrogens is 376 g/mol. The van der Waals surface area contributed by atoms with E-state index in [0.29, 0.717) is 12.2 Å². The fraction of sp³-hybridized carbons (Fsp3) is 0.350. The first-order valence-corrected chi connectivity index (χ1v) is 11.0. The van der Waals surface area contributed by atoms with E-state index in [9.17, 15) is 13.2 Å². The number of rotatable bonds is 7. The highest BCUT2D eigenvalue weighted by molar-refractivity contribution is 7.92. The molecule has 2 atom stereocenters. The Morgan fingerprint density at radius 1 is 1.11 bits per heavy atom. The van der Waals surface area contributed by atoms with E-state index < -0.39 is 10.0 Å². The van der Waals surface area contributed by atoms with E-state index in [1.54, 1.807) is 12.1 Å². The summed E-state index contributed by atoms with van der Waals surface area (Å²) in [6.07, 6.45) is 1.94. The van der Waals surface area contributed by atoms with Crippen LogP contribution in [0, 0.1) is 6.92 Å². The van der Waals surface area contributed by atoms with Gasteiger partial charge in [0.2, 0.25) is 15.9 Å². The van der Waals surface area contributed by atoms with Crippen LogP contribution < -0.4 is 20.5 Å². The van der Waals surface area contributed by atoms with Crippen LogP contribution in [0.1, 0.15) is 23.6 Å². The summed E-state index contributed by atoms with van der Waals surface area (Å²) in [7, 11) is -3.56. The number of hydrogen-bond donors (Lipinski definition) is 3. The van der Waals surface area contributed by atoms with Crippen LogP contribution in [0.2, 0.25) is 0 Å². The van der Waals surface area contributed by atoms with Gasteiger partial charge in [-0.2, -0.15) is 0 Å². The number of nitrogens with zero attached hydrogens (tertiary/aromatic N) is 1. The number of sulfonamides is 1. The van der Waals surface area contributed by atoms with Crippen LogP contribution in [0.4, 0.5) is 5.69 Å². The number of benzene rings is 2. The first kappa shape index (κ1) is 20.3. The molecule has 1 aliphatic rings. The predicted octanol–water partition coefficient (Wildman–Crippen LogP) is 1.49. The van der Waals surface area contributed by atoms with Crippen LogP contribution in [-0.4, -0.2) is 39.7 Å². The van der Waals surface area contributed by atoms with Gasteiger partial charge in [-0.05, 0) is 31.0 Å². The van der Waals surface area contributed by atoms with Crippen molar-refractivity contribution >= 4 is 21.6 Å². The van der Waals surface area contributed by atoms with Crippen LogP contribution in [0.3, 0.4) is 0 Å². The van der Waals surface area contributed by atoms with Crippen molar-refractivity contribution in [2.75, 3.05) is 23.7 Å². The smallest absolute Gasteiger partial charge is 0.240 e. The molecule has 150 valence electrons. The summed E-state index contributed by atoms with van der Waals surface area (Å²) in [4.78, 5) is 12.4. The van der Waals surface area contributed by atoms with Crippen molar-refractivity contribution in [1.82, 2.24) is 16.2 Å². The van der Waals surface area contributed by atoms with Gasteiger partial charge in [-0.1, -0.05) is 48.0 Å². The maximum atomic E-state index is 12.4. The van der Waals surface area contributed by atoms with Gasteiger partial charge >= 0.3 is 0 Å². The molecule has 3 N–H and O–H groups in total. The lowest BCUT2D eigenvalue weighted by molar-refractivity contribution is -0.119. The number of hydrogen-bond acceptors (Lipinski definition) is 5. The minimum absolute atomic E-state index is 0.0696. The maximum Gasteiger partial charge on any atom is 0.240 e. The number of hydrazine groups is 1. The van der Waals surface area contributed by atoms with Gasteiger partial charge in [0.15, 0.2) is 0 Å². The van der Waals surface area contributed by atoms with Gasteiger partial charge in [0.1, 0.15) is 6.54 Å². The SMILES string of the molecule is Cc1ccc(N(CC(=O)NCC2CC(c3ccccc3)NN2)S(C)(=O)=O)cc1. The summed E-state index contributed by atoms with van der Waals surface area (Å²) in [6, 6.07) is 17.4. The Bertz CT molecular complexity index is 901. The van der Waals surface area contributed by atoms with Crippen LogP contribution in [0.5, 0.6) is 0 Å². The molecule has 2 unspecified atom stereocenters. The highest BCUT2D eigenvalue weighted by Crippen LogP contribution is 2.21. The molecule has 7 nitrogen and oxygen atoms in total. The minimum Gasteiger partial charge on any atom is -0.353 e. The van der Waals surface area contributed by atoms with Crippen molar-refractivity contribution in [1.29, 1.82) is 0 Å². The molecule has 2 aromatic rings. The first-order valence-electron chi connectivity index (χ1n) is 9.20. The van der Waals surface area contributed by atoms with Gasteiger partial charge in [0.25, 0.3) is 0 Å². The van der Waals surface area contributed by atoms with Crippen molar-refractivity contribution in [3.05, 3.63) is 65.7 Å². The molecule has 1 aliphatic heterocycles. The summed E-state index contributed by atoms with van der Waals surface area (Å²) in [6.45, 7) is 2.09. The van der Waals surface area contributed by atoms with Crippen molar-refractivity contribution in [3.8, 4) is 0 Å². The zero-order valence-corrected chi connectivity index (χ0v) is 16.9. The molecule has 2 aromatic carbocycles. The maximum absolute atomic E-state index is 12.4. The molecule has 0 saturated carbocycles. The van der Waals surface area contributed by atoms with Crippen LogP contribution in [0.15, 0.2) is 54.6 Å². The third-order valence-electron chi connectivity index (χ3n) is 4.74. The Hall–Kier alpha value is -2.42. The number of nitrogens with one attached hydrogen (secondary N) is 3. The molecule has 0 aromatic heterocycles. The van der Waals surface area contributed by atoms with Gasteiger partial charge in [0.05, 0.1) is 11.9 Å². The van der Waals surface area contributed by atoms with E-state index in [1.165, 1.54) is 5.56 Å². The van der Waals surface area contributed by atoms with Crippen LogP contribution in [-0.2, 0) is 14.8 Å². The third kappa shape index (κ3) is 5.31. The van der Waals surface area contributed by atoms with E-state index >= 15 is 0 Å². The molecule has 0 bridgehead atoms. The van der Waals surface area contributed by atoms with E-state index in [4.69, 9.17) is 0 Å². The minimum atomic E-state index is -3.56. The van der Waals surface area contributed by atoms with Gasteiger partial charge < -0.3 is 5.32 Å². The topological polar surface area (TPSA) is 90.5 Å². The molecule has 28 heavy (non-hydrogen) atoms. The molecule has 8 heteroatoms. The zero-order valence-electron chi connectivity index (χ0n) is 16.1. The van der Waals surface area contributed by atoms with Gasteiger partial charge in [0, 0.05) is 18.6 Å². The lowest BCUT2D eigenvalue weighted by Gasteiger charge is -2.22. The standard InChI is InChI=1S/C20H26N4O3S/c1-15-8-10-18(11-9-15)24(28(2,26)27)14-20(25)21-13-17-12-19(23-22-17)16-6-4-3-5-7-16/h3-11,17,19,22-23H,12-14H2,1-2H3,(H,21,25). The Kier molecular flexibility index (Phi) is 6.33. The van der Waals surface area contributed by atoms with E-state index in [0.717, 1.165) is 22.5 Å². The fourth-order valence-corrected chi connectivity index (χ4v) is 4.05. The van der Waals surface area contributed by atoms with Gasteiger partial charge in [-0.25, -0.2) is 13.8 Å². The number of amides is 1. The number of carbonyl (C=O) groups is 1. The van der Waals surface area contributed by atoms with E-state index in [2.05, 4.69) is 28.3 Å². The lowest BCUT2D eigenvalue weighted by atomic mass is 10.0. The Morgan fingerprint density at radius 2 is 1.79 bits per heavy atom. The van der Waals surface area contributed by atoms with Crippen LogP contribution >= 0.6 is 0 Å². The molecule has 0 aliphatic carbocycles. The molecule has 0 radical (unpaired) electrons. The van der Waals surface area contributed by atoms with E-state index in [-0.39, 0.29) is 24.5 Å². The summed E-state index contributed by atoms with van der Waals surface area (Å²) >= 11 is 0. The molecule has 3 rings (SSSR count). The second-order valence-electron chi connectivity index (χ2n) is 7.09. The molecule has 1 amide bonds. The monoisotopic (exact) mass is 402 g/mol. The summed E-state index contributed by atoms with van der Waals surface area (Å²) in [5, 5.41) is 2.83. The van der Waals surface area contributed by atoms with Crippen molar-refractivity contribution in [2.45, 2.75) is 25.4 Å². The Balaban J connectivity index is 1.55. The second-order valence-corrected chi connectivity index (χ2v) is 9.00. The molecule has 1 fully saturated rings. The average Bonchev–Trinajstić information content (AvgIpc) is 3.14. The molecular formula is C20H26N4O3S. The number of carbonyl (C=O) groups excluding carboxylic acids is 1. The molecule has 1 saturated heterocycles. The predicted molar refractivity (Wildman–Crippen MR) is 110 cm³/mol. The molecule has 0 spiro atoms. The van der Waals surface area contributed by atoms with Gasteiger partial charge in [-0.3, -0.25) is 14.5 Å². The third-order valence-corrected chi connectivity index (χ3v) is 5.88. The van der Waals surface area contributed by atoms with E-state index in [1.807, 2.05) is 37.3 Å². The fourth-order valence-electron chi connectivity index (χ4n) is 3.19. The highest BCUT2D eigenvalue weighted by atomic mass is 32.2. The second kappa shape index (κ2) is 8.72. The van der Waals surface area contributed by atoms with Crippen LogP contribution in [0.25, 0.3) is 0 Å².